The summed E-state index contributed by atoms with van der Waals surface area (Å²) in [6, 6.07) is 5.11. The van der Waals surface area contributed by atoms with Crippen LogP contribution in [0.2, 0.25) is 0 Å². The van der Waals surface area contributed by atoms with E-state index in [-0.39, 0.29) is 23.6 Å². The van der Waals surface area contributed by atoms with Gasteiger partial charge in [-0.1, -0.05) is 12.1 Å². The first-order valence-corrected chi connectivity index (χ1v) is 9.34. The molecule has 26 heavy (non-hydrogen) atoms. The predicted octanol–water partition coefficient (Wildman–Crippen LogP) is 1.06. The lowest BCUT2D eigenvalue weighted by Crippen LogP contribution is -2.49. The maximum Gasteiger partial charge on any atom is 0.251 e. The number of benzene rings is 1. The number of Topliss-reactive ketones (excluding diaryl/α,β-unsaturated/α-hetero) is 1. The molecule has 1 unspecified atom stereocenters. The van der Waals surface area contributed by atoms with E-state index >= 15 is 0 Å². The number of carbonyl (C=O) groups excluding carboxylic acids is 3. The third kappa shape index (κ3) is 3.80. The first kappa shape index (κ1) is 18.6. The third-order valence-electron chi connectivity index (χ3n) is 5.59. The molecule has 0 aromatic heterocycles. The normalized spacial score (nSPS) is 19.8. The van der Waals surface area contributed by atoms with E-state index in [4.69, 9.17) is 5.73 Å². The fraction of sp³-hybridized carbons (Fsp3) is 0.550. The molecule has 1 aromatic rings. The van der Waals surface area contributed by atoms with Crippen LogP contribution in [-0.4, -0.2) is 47.7 Å². The van der Waals surface area contributed by atoms with Crippen LogP contribution in [0.15, 0.2) is 18.2 Å². The molecule has 0 saturated carbocycles. The van der Waals surface area contributed by atoms with Crippen LogP contribution < -0.4 is 11.1 Å². The van der Waals surface area contributed by atoms with Gasteiger partial charge in [-0.3, -0.25) is 14.4 Å². The number of amides is 2. The number of nitrogens with zero attached hydrogens (tertiary/aromatic N) is 1. The zero-order valence-corrected chi connectivity index (χ0v) is 15.5. The molecule has 2 aliphatic rings. The Bertz CT molecular complexity index is 721. The second kappa shape index (κ2) is 7.58. The summed E-state index contributed by atoms with van der Waals surface area (Å²) in [7, 11) is 0. The summed E-state index contributed by atoms with van der Waals surface area (Å²) in [6.45, 7) is 5.08. The van der Waals surface area contributed by atoms with E-state index in [9.17, 15) is 14.4 Å². The molecule has 0 radical (unpaired) electrons. The summed E-state index contributed by atoms with van der Waals surface area (Å²) in [5.41, 5.74) is 8.13. The first-order valence-electron chi connectivity index (χ1n) is 9.34. The quantitative estimate of drug-likeness (QED) is 0.843. The van der Waals surface area contributed by atoms with Crippen molar-refractivity contribution in [2.75, 3.05) is 13.1 Å². The Hall–Kier alpha value is -2.21. The lowest BCUT2D eigenvalue weighted by molar-refractivity contribution is -0.133. The maximum atomic E-state index is 12.7. The minimum absolute atomic E-state index is 0.00958. The Kier molecular flexibility index (Phi) is 5.41. The largest absolute Gasteiger partial charge is 0.349 e. The minimum Gasteiger partial charge on any atom is -0.349 e. The van der Waals surface area contributed by atoms with Gasteiger partial charge in [0, 0.05) is 37.5 Å². The first-order chi connectivity index (χ1) is 12.4. The molecule has 3 N–H and O–H groups in total. The minimum atomic E-state index is -0.466. The Balaban J connectivity index is 1.59. The zero-order chi connectivity index (χ0) is 18.8. The molecule has 140 valence electrons. The van der Waals surface area contributed by atoms with E-state index < -0.39 is 6.04 Å². The molecule has 6 nitrogen and oxygen atoms in total. The van der Waals surface area contributed by atoms with Crippen molar-refractivity contribution in [1.82, 2.24) is 10.2 Å². The summed E-state index contributed by atoms with van der Waals surface area (Å²) in [5.74, 6) is 0.372. The molecular weight excluding hydrogens is 330 g/mol. The number of rotatable bonds is 4. The summed E-state index contributed by atoms with van der Waals surface area (Å²) < 4.78 is 0. The predicted molar refractivity (Wildman–Crippen MR) is 98.7 cm³/mol. The van der Waals surface area contributed by atoms with Gasteiger partial charge < -0.3 is 16.0 Å². The van der Waals surface area contributed by atoms with Gasteiger partial charge in [0.15, 0.2) is 0 Å². The Morgan fingerprint density at radius 2 is 1.88 bits per heavy atom. The van der Waals surface area contributed by atoms with Crippen molar-refractivity contribution in [3.63, 3.8) is 0 Å². The zero-order valence-electron chi connectivity index (χ0n) is 15.5. The second-order valence-corrected chi connectivity index (χ2v) is 7.55. The van der Waals surface area contributed by atoms with Gasteiger partial charge in [-0.25, -0.2) is 0 Å². The standard InChI is InChI=1S/C20H27N3O3/c1-12(21)20(26)23-8-6-14(7-9-23)13(2)22-19(25)17-5-3-4-15-10-16(24)11-18(15)17/h3-5,12-14H,6-11,21H2,1-2H3,(H,22,25)/t12-,13?/m0/s1. The van der Waals surface area contributed by atoms with Crippen molar-refractivity contribution in [3.8, 4) is 0 Å². The highest BCUT2D eigenvalue weighted by atomic mass is 16.2. The lowest BCUT2D eigenvalue weighted by atomic mass is 9.89. The van der Waals surface area contributed by atoms with Crippen LogP contribution in [0.3, 0.4) is 0 Å². The van der Waals surface area contributed by atoms with E-state index in [1.807, 2.05) is 24.0 Å². The smallest absolute Gasteiger partial charge is 0.251 e. The van der Waals surface area contributed by atoms with E-state index in [1.54, 1.807) is 13.0 Å². The highest BCUT2D eigenvalue weighted by molar-refractivity contribution is 6.00. The number of nitrogens with one attached hydrogen (secondary N) is 1. The fourth-order valence-electron chi connectivity index (χ4n) is 4.00. The van der Waals surface area contributed by atoms with Crippen LogP contribution >= 0.6 is 0 Å². The number of piperidine rings is 1. The van der Waals surface area contributed by atoms with Crippen molar-refractivity contribution in [2.45, 2.75) is 51.6 Å². The number of likely N-dealkylation sites (tertiary alicyclic amines) is 1. The average molecular weight is 357 g/mol. The van der Waals surface area contributed by atoms with Crippen LogP contribution in [0, 0.1) is 5.92 Å². The van der Waals surface area contributed by atoms with E-state index in [0.717, 1.165) is 24.0 Å². The average Bonchev–Trinajstić information content (AvgIpc) is 3.00. The van der Waals surface area contributed by atoms with Crippen molar-refractivity contribution in [1.29, 1.82) is 0 Å². The number of hydrogen-bond donors (Lipinski definition) is 2. The van der Waals surface area contributed by atoms with Gasteiger partial charge >= 0.3 is 0 Å². The van der Waals surface area contributed by atoms with E-state index in [2.05, 4.69) is 5.32 Å². The summed E-state index contributed by atoms with van der Waals surface area (Å²) in [6.07, 6.45) is 2.49. The van der Waals surface area contributed by atoms with Crippen LogP contribution in [0.4, 0.5) is 0 Å². The summed E-state index contributed by atoms with van der Waals surface area (Å²) in [5, 5.41) is 3.10. The molecule has 1 aliphatic carbocycles. The highest BCUT2D eigenvalue weighted by Gasteiger charge is 2.29. The Morgan fingerprint density at radius 3 is 2.54 bits per heavy atom. The molecular formula is C20H27N3O3. The molecule has 1 aliphatic heterocycles. The molecule has 0 bridgehead atoms. The SMILES string of the molecule is CC(NC(=O)c1cccc2c1CC(=O)C2)C1CCN(C(=O)[C@H](C)N)CC1. The number of hydrogen-bond acceptors (Lipinski definition) is 4. The van der Waals surface area contributed by atoms with Gasteiger partial charge in [0.05, 0.1) is 6.04 Å². The van der Waals surface area contributed by atoms with Crippen molar-refractivity contribution in [3.05, 3.63) is 34.9 Å². The molecule has 2 atom stereocenters. The highest BCUT2D eigenvalue weighted by Crippen LogP contribution is 2.25. The topological polar surface area (TPSA) is 92.5 Å². The Morgan fingerprint density at radius 1 is 1.19 bits per heavy atom. The Labute approximate surface area is 154 Å². The monoisotopic (exact) mass is 357 g/mol. The van der Waals surface area contributed by atoms with Gasteiger partial charge in [0.2, 0.25) is 5.91 Å². The van der Waals surface area contributed by atoms with Gasteiger partial charge in [-0.15, -0.1) is 0 Å². The van der Waals surface area contributed by atoms with Gasteiger partial charge in [-0.2, -0.15) is 0 Å². The molecule has 0 spiro atoms. The summed E-state index contributed by atoms with van der Waals surface area (Å²) in [4.78, 5) is 38.2. The molecule has 1 aromatic carbocycles. The van der Waals surface area contributed by atoms with Crippen molar-refractivity contribution in [2.24, 2.45) is 11.7 Å². The van der Waals surface area contributed by atoms with Crippen LogP contribution in [0.25, 0.3) is 0 Å². The number of ketones is 1. The van der Waals surface area contributed by atoms with Crippen molar-refractivity contribution < 1.29 is 14.4 Å². The number of carbonyl (C=O) groups is 3. The fourth-order valence-corrected chi connectivity index (χ4v) is 4.00. The molecule has 1 fully saturated rings. The van der Waals surface area contributed by atoms with Gasteiger partial charge in [0.1, 0.15) is 5.78 Å². The number of nitrogens with two attached hydrogens (primary N) is 1. The maximum absolute atomic E-state index is 12.7. The van der Waals surface area contributed by atoms with Gasteiger partial charge in [-0.05, 0) is 49.8 Å². The molecule has 6 heteroatoms. The number of fused-ring (bicyclic) bond motifs is 1. The lowest BCUT2D eigenvalue weighted by Gasteiger charge is -2.35. The van der Waals surface area contributed by atoms with Crippen LogP contribution in [0.1, 0.15) is 48.2 Å². The van der Waals surface area contributed by atoms with E-state index in [0.29, 0.717) is 37.4 Å². The van der Waals surface area contributed by atoms with E-state index in [1.165, 1.54) is 0 Å². The van der Waals surface area contributed by atoms with Crippen LogP contribution in [0.5, 0.6) is 0 Å². The second-order valence-electron chi connectivity index (χ2n) is 7.55. The third-order valence-corrected chi connectivity index (χ3v) is 5.59. The molecule has 2 amide bonds. The molecule has 3 rings (SSSR count). The molecule has 1 heterocycles. The van der Waals surface area contributed by atoms with Crippen LogP contribution in [-0.2, 0) is 22.4 Å². The summed E-state index contributed by atoms with van der Waals surface area (Å²) >= 11 is 0. The molecule has 1 saturated heterocycles. The van der Waals surface area contributed by atoms with Crippen molar-refractivity contribution >= 4 is 17.6 Å². The van der Waals surface area contributed by atoms with Gasteiger partial charge in [0.25, 0.3) is 5.91 Å².